The predicted molar refractivity (Wildman–Crippen MR) is 79.1 cm³/mol. The lowest BCUT2D eigenvalue weighted by Crippen LogP contribution is -2.36. The molecular formula is C14H25N3O3. The molecule has 1 rings (SSSR count). The van der Waals surface area contributed by atoms with Crippen LogP contribution in [0.3, 0.4) is 0 Å². The normalized spacial score (nSPS) is 13.3. The van der Waals surface area contributed by atoms with Crippen molar-refractivity contribution in [3.63, 3.8) is 0 Å². The summed E-state index contributed by atoms with van der Waals surface area (Å²) in [6.07, 6.45) is 1.01. The number of methoxy groups -OCH3 is 1. The van der Waals surface area contributed by atoms with Crippen molar-refractivity contribution in [2.75, 3.05) is 32.2 Å². The average molecular weight is 283 g/mol. The standard InChI is InChI=1S/C14H25N3O3/c1-14(2,3)12(18)10-17-13(19)8-11(9-15-17)16(4)6-7-20-5/h8-9,12,18H,6-7,10H2,1-5H3. The van der Waals surface area contributed by atoms with Crippen LogP contribution in [0.1, 0.15) is 20.8 Å². The fraction of sp³-hybridized carbons (Fsp3) is 0.714. The third kappa shape index (κ3) is 4.61. The van der Waals surface area contributed by atoms with Gasteiger partial charge in [-0.15, -0.1) is 0 Å². The number of hydrogen-bond acceptors (Lipinski definition) is 5. The van der Waals surface area contributed by atoms with Gasteiger partial charge in [-0.2, -0.15) is 5.10 Å². The molecule has 0 saturated carbocycles. The molecule has 1 aromatic rings. The Hall–Kier alpha value is -1.40. The molecule has 1 N–H and O–H groups in total. The molecular weight excluding hydrogens is 258 g/mol. The largest absolute Gasteiger partial charge is 0.391 e. The van der Waals surface area contributed by atoms with Gasteiger partial charge in [-0.3, -0.25) is 4.79 Å². The van der Waals surface area contributed by atoms with Crippen LogP contribution < -0.4 is 10.5 Å². The minimum atomic E-state index is -0.621. The molecule has 0 fully saturated rings. The Morgan fingerprint density at radius 3 is 2.65 bits per heavy atom. The van der Waals surface area contributed by atoms with Crippen molar-refractivity contribution in [1.29, 1.82) is 0 Å². The lowest BCUT2D eigenvalue weighted by molar-refractivity contribution is 0.0438. The molecule has 114 valence electrons. The van der Waals surface area contributed by atoms with Crippen LogP contribution in [0.4, 0.5) is 5.69 Å². The van der Waals surface area contributed by atoms with E-state index in [2.05, 4.69) is 5.10 Å². The topological polar surface area (TPSA) is 67.6 Å². The molecule has 0 bridgehead atoms. The zero-order valence-corrected chi connectivity index (χ0v) is 13.0. The minimum Gasteiger partial charge on any atom is -0.391 e. The van der Waals surface area contributed by atoms with Crippen LogP contribution in [0.2, 0.25) is 0 Å². The first kappa shape index (κ1) is 16.7. The van der Waals surface area contributed by atoms with E-state index in [1.165, 1.54) is 10.7 Å². The molecule has 0 aliphatic carbocycles. The fourth-order valence-electron chi connectivity index (χ4n) is 1.56. The van der Waals surface area contributed by atoms with Gasteiger partial charge in [-0.25, -0.2) is 4.68 Å². The van der Waals surface area contributed by atoms with Gasteiger partial charge in [0, 0.05) is 26.8 Å². The number of hydrogen-bond donors (Lipinski definition) is 1. The molecule has 0 spiro atoms. The van der Waals surface area contributed by atoms with Gasteiger partial charge in [-0.1, -0.05) is 20.8 Å². The summed E-state index contributed by atoms with van der Waals surface area (Å²) in [5.41, 5.74) is 0.248. The monoisotopic (exact) mass is 283 g/mol. The maximum Gasteiger partial charge on any atom is 0.268 e. The Kier molecular flexibility index (Phi) is 5.71. The van der Waals surface area contributed by atoms with Crippen LogP contribution in [-0.4, -0.2) is 48.3 Å². The van der Waals surface area contributed by atoms with Gasteiger partial charge in [0.1, 0.15) is 0 Å². The number of likely N-dealkylation sites (N-methyl/N-ethyl adjacent to an activating group) is 1. The zero-order chi connectivity index (χ0) is 15.3. The summed E-state index contributed by atoms with van der Waals surface area (Å²) >= 11 is 0. The number of anilines is 1. The SMILES string of the molecule is COCCN(C)c1cnn(CC(O)C(C)(C)C)c(=O)c1. The second-order valence-electron chi connectivity index (χ2n) is 6.03. The number of nitrogens with zero attached hydrogens (tertiary/aromatic N) is 3. The summed E-state index contributed by atoms with van der Waals surface area (Å²) in [6, 6.07) is 1.53. The first-order valence-electron chi connectivity index (χ1n) is 6.71. The van der Waals surface area contributed by atoms with Crippen LogP contribution in [0.25, 0.3) is 0 Å². The zero-order valence-electron chi connectivity index (χ0n) is 13.0. The maximum atomic E-state index is 12.0. The average Bonchev–Trinajstić information content (AvgIpc) is 2.37. The minimum absolute atomic E-state index is 0.199. The van der Waals surface area contributed by atoms with Crippen LogP contribution in [0.15, 0.2) is 17.1 Å². The number of rotatable bonds is 6. The Bertz CT molecular complexity index is 479. The molecule has 0 radical (unpaired) electrons. The van der Waals surface area contributed by atoms with E-state index >= 15 is 0 Å². The van der Waals surface area contributed by atoms with Crippen molar-refractivity contribution >= 4 is 5.69 Å². The Balaban J connectivity index is 2.81. The highest BCUT2D eigenvalue weighted by Crippen LogP contribution is 2.19. The lowest BCUT2D eigenvalue weighted by Gasteiger charge is -2.26. The number of ether oxygens (including phenoxy) is 1. The van der Waals surface area contributed by atoms with Gasteiger partial charge < -0.3 is 14.7 Å². The molecule has 6 nitrogen and oxygen atoms in total. The third-order valence-corrected chi connectivity index (χ3v) is 3.27. The van der Waals surface area contributed by atoms with Crippen LogP contribution in [0.5, 0.6) is 0 Å². The summed E-state index contributed by atoms with van der Waals surface area (Å²) < 4.78 is 6.29. The van der Waals surface area contributed by atoms with E-state index < -0.39 is 6.10 Å². The van der Waals surface area contributed by atoms with Crippen molar-refractivity contribution < 1.29 is 9.84 Å². The maximum absolute atomic E-state index is 12.0. The van der Waals surface area contributed by atoms with Crippen molar-refractivity contribution in [1.82, 2.24) is 9.78 Å². The van der Waals surface area contributed by atoms with E-state index in [9.17, 15) is 9.90 Å². The summed E-state index contributed by atoms with van der Waals surface area (Å²) in [4.78, 5) is 13.9. The molecule has 1 unspecified atom stereocenters. The van der Waals surface area contributed by atoms with Gasteiger partial charge in [0.2, 0.25) is 0 Å². The molecule has 0 aliphatic rings. The molecule has 1 heterocycles. The smallest absolute Gasteiger partial charge is 0.268 e. The Morgan fingerprint density at radius 1 is 1.50 bits per heavy atom. The van der Waals surface area contributed by atoms with E-state index in [1.807, 2.05) is 32.7 Å². The second kappa shape index (κ2) is 6.85. The van der Waals surface area contributed by atoms with Crippen molar-refractivity contribution in [3.8, 4) is 0 Å². The molecule has 20 heavy (non-hydrogen) atoms. The highest BCUT2D eigenvalue weighted by atomic mass is 16.5. The van der Waals surface area contributed by atoms with Crippen LogP contribution >= 0.6 is 0 Å². The molecule has 1 atom stereocenters. The lowest BCUT2D eigenvalue weighted by atomic mass is 9.89. The Morgan fingerprint density at radius 2 is 2.15 bits per heavy atom. The molecule has 0 aromatic carbocycles. The van der Waals surface area contributed by atoms with E-state index in [1.54, 1.807) is 13.3 Å². The molecule has 0 aliphatic heterocycles. The first-order valence-corrected chi connectivity index (χ1v) is 6.71. The highest BCUT2D eigenvalue weighted by Gasteiger charge is 2.23. The van der Waals surface area contributed by atoms with Gasteiger partial charge in [-0.05, 0) is 5.41 Å². The summed E-state index contributed by atoms with van der Waals surface area (Å²) in [5.74, 6) is 0. The van der Waals surface area contributed by atoms with Crippen LogP contribution in [0, 0.1) is 5.41 Å². The number of aliphatic hydroxyl groups is 1. The summed E-state index contributed by atoms with van der Waals surface area (Å²) in [6.45, 7) is 7.25. The molecule has 0 saturated heterocycles. The molecule has 1 aromatic heterocycles. The first-order chi connectivity index (χ1) is 9.25. The molecule has 0 amide bonds. The van der Waals surface area contributed by atoms with E-state index in [4.69, 9.17) is 4.74 Å². The quantitative estimate of drug-likeness (QED) is 0.834. The Labute approximate surface area is 120 Å². The van der Waals surface area contributed by atoms with Gasteiger partial charge in [0.05, 0.1) is 31.1 Å². The van der Waals surface area contributed by atoms with Gasteiger partial charge in [0.25, 0.3) is 5.56 Å². The summed E-state index contributed by atoms with van der Waals surface area (Å²) in [5, 5.41) is 14.2. The van der Waals surface area contributed by atoms with Gasteiger partial charge in [0.15, 0.2) is 0 Å². The van der Waals surface area contributed by atoms with E-state index in [-0.39, 0.29) is 17.5 Å². The molecule has 6 heteroatoms. The fourth-order valence-corrected chi connectivity index (χ4v) is 1.56. The van der Waals surface area contributed by atoms with E-state index in [0.717, 1.165) is 5.69 Å². The second-order valence-corrected chi connectivity index (χ2v) is 6.03. The van der Waals surface area contributed by atoms with Crippen LogP contribution in [-0.2, 0) is 11.3 Å². The number of aromatic nitrogens is 2. The number of aliphatic hydroxyl groups excluding tert-OH is 1. The van der Waals surface area contributed by atoms with Crippen molar-refractivity contribution in [2.24, 2.45) is 5.41 Å². The van der Waals surface area contributed by atoms with E-state index in [0.29, 0.717) is 13.2 Å². The third-order valence-electron chi connectivity index (χ3n) is 3.27. The summed E-state index contributed by atoms with van der Waals surface area (Å²) in [7, 11) is 3.52. The highest BCUT2D eigenvalue weighted by molar-refractivity contribution is 5.41. The predicted octanol–water partition coefficient (Wildman–Crippen LogP) is 0.733. The van der Waals surface area contributed by atoms with Gasteiger partial charge >= 0.3 is 0 Å². The van der Waals surface area contributed by atoms with Crippen molar-refractivity contribution in [2.45, 2.75) is 33.4 Å². The van der Waals surface area contributed by atoms with Crippen molar-refractivity contribution in [3.05, 3.63) is 22.6 Å².